The highest BCUT2D eigenvalue weighted by atomic mass is 16.5. The Bertz CT molecular complexity index is 1340. The Balaban J connectivity index is 1.78. The molecule has 0 unspecified atom stereocenters. The highest BCUT2D eigenvalue weighted by molar-refractivity contribution is 6.05. The van der Waals surface area contributed by atoms with Crippen molar-refractivity contribution in [3.8, 4) is 28.6 Å². The molecule has 1 aromatic heterocycles. The van der Waals surface area contributed by atoms with Gasteiger partial charge < -0.3 is 23.9 Å². The van der Waals surface area contributed by atoms with E-state index in [2.05, 4.69) is 5.32 Å². The summed E-state index contributed by atoms with van der Waals surface area (Å²) in [5, 5.41) is 3.08. The summed E-state index contributed by atoms with van der Waals surface area (Å²) in [6.45, 7) is 0. The number of hydrogen-bond acceptors (Lipinski definition) is 6. The van der Waals surface area contributed by atoms with Gasteiger partial charge in [0.2, 0.25) is 5.75 Å². The molecule has 0 bridgehead atoms. The molecule has 0 aliphatic rings. The number of carbonyl (C=O) groups is 1. The number of nitrogens with one attached hydrogen (secondary N) is 1. The minimum Gasteiger partial charge on any atom is -0.493 e. The zero-order chi connectivity index (χ0) is 22.7. The number of fused-ring (bicyclic) bond motifs is 1. The maximum atomic E-state index is 13.0. The van der Waals surface area contributed by atoms with Gasteiger partial charge in [0, 0.05) is 28.9 Å². The van der Waals surface area contributed by atoms with E-state index in [1.807, 2.05) is 18.2 Å². The molecule has 0 fully saturated rings. The summed E-state index contributed by atoms with van der Waals surface area (Å²) < 4.78 is 22.1. The Kier molecular flexibility index (Phi) is 5.81. The van der Waals surface area contributed by atoms with Crippen LogP contribution in [-0.2, 0) is 0 Å². The number of rotatable bonds is 6. The van der Waals surface area contributed by atoms with Gasteiger partial charge in [0.25, 0.3) is 5.91 Å². The summed E-state index contributed by atoms with van der Waals surface area (Å²) in [7, 11) is 4.40. The molecule has 0 spiro atoms. The highest BCUT2D eigenvalue weighted by Gasteiger charge is 2.21. The number of methoxy groups -OCH3 is 3. The van der Waals surface area contributed by atoms with Crippen molar-refractivity contribution in [1.82, 2.24) is 0 Å². The molecule has 0 radical (unpaired) electrons. The number of para-hydroxylation sites is 1. The summed E-state index contributed by atoms with van der Waals surface area (Å²) >= 11 is 0. The molecule has 4 rings (SSSR count). The van der Waals surface area contributed by atoms with Crippen molar-refractivity contribution in [2.24, 2.45) is 0 Å². The Morgan fingerprint density at radius 1 is 0.844 bits per heavy atom. The molecule has 0 atom stereocenters. The van der Waals surface area contributed by atoms with Crippen LogP contribution in [0.15, 0.2) is 75.9 Å². The van der Waals surface area contributed by atoms with Gasteiger partial charge in [-0.3, -0.25) is 9.59 Å². The van der Waals surface area contributed by atoms with E-state index in [1.54, 1.807) is 42.5 Å². The molecule has 3 aromatic carbocycles. The number of amides is 1. The van der Waals surface area contributed by atoms with Gasteiger partial charge in [0.1, 0.15) is 16.7 Å². The van der Waals surface area contributed by atoms with Crippen molar-refractivity contribution in [1.29, 1.82) is 0 Å². The van der Waals surface area contributed by atoms with Crippen LogP contribution >= 0.6 is 0 Å². The largest absolute Gasteiger partial charge is 0.493 e. The summed E-state index contributed by atoms with van der Waals surface area (Å²) in [5.74, 6) is 0.953. The fraction of sp³-hybridized carbons (Fsp3) is 0.120. The van der Waals surface area contributed by atoms with Crippen LogP contribution in [-0.4, -0.2) is 27.2 Å². The first-order valence-electron chi connectivity index (χ1n) is 9.79. The predicted octanol–water partition coefficient (Wildman–Crippen LogP) is 4.74. The minimum atomic E-state index is -0.307. The van der Waals surface area contributed by atoms with Gasteiger partial charge >= 0.3 is 0 Å². The van der Waals surface area contributed by atoms with Gasteiger partial charge in [-0.1, -0.05) is 30.3 Å². The lowest BCUT2D eigenvalue weighted by Gasteiger charge is -2.14. The third-order valence-electron chi connectivity index (χ3n) is 4.96. The smallest absolute Gasteiger partial charge is 0.255 e. The van der Waals surface area contributed by atoms with Crippen molar-refractivity contribution in [2.75, 3.05) is 26.6 Å². The molecule has 0 saturated heterocycles. The second kappa shape index (κ2) is 8.85. The zero-order valence-corrected chi connectivity index (χ0v) is 17.8. The average molecular weight is 431 g/mol. The van der Waals surface area contributed by atoms with Gasteiger partial charge in [-0.15, -0.1) is 0 Å². The predicted molar refractivity (Wildman–Crippen MR) is 122 cm³/mol. The summed E-state index contributed by atoms with van der Waals surface area (Å²) in [5.41, 5.74) is 1.67. The molecular weight excluding hydrogens is 410 g/mol. The average Bonchev–Trinajstić information content (AvgIpc) is 2.83. The molecule has 1 amide bonds. The van der Waals surface area contributed by atoms with E-state index in [0.29, 0.717) is 34.1 Å². The minimum absolute atomic E-state index is 0.234. The molecule has 0 aliphatic carbocycles. The van der Waals surface area contributed by atoms with Crippen LogP contribution in [0, 0.1) is 0 Å². The van der Waals surface area contributed by atoms with Gasteiger partial charge in [0.05, 0.1) is 21.3 Å². The molecular formula is C25H21NO6. The summed E-state index contributed by atoms with van der Waals surface area (Å²) in [6.07, 6.45) is 0. The van der Waals surface area contributed by atoms with E-state index in [4.69, 9.17) is 18.6 Å². The van der Waals surface area contributed by atoms with Crippen molar-refractivity contribution in [3.05, 3.63) is 82.5 Å². The van der Waals surface area contributed by atoms with Crippen molar-refractivity contribution in [3.63, 3.8) is 0 Å². The lowest BCUT2D eigenvalue weighted by molar-refractivity contribution is 0.102. The fourth-order valence-electron chi connectivity index (χ4n) is 3.47. The van der Waals surface area contributed by atoms with Crippen LogP contribution in [0.3, 0.4) is 0 Å². The molecule has 7 heteroatoms. The third-order valence-corrected chi connectivity index (χ3v) is 4.96. The molecule has 1 heterocycles. The van der Waals surface area contributed by atoms with Gasteiger partial charge in [-0.05, 0) is 24.3 Å². The molecule has 4 aromatic rings. The second-order valence-electron chi connectivity index (χ2n) is 6.89. The maximum absolute atomic E-state index is 13.0. The molecule has 162 valence electrons. The highest BCUT2D eigenvalue weighted by Crippen LogP contribution is 2.42. The molecule has 1 N–H and O–H groups in total. The number of benzene rings is 3. The first kappa shape index (κ1) is 21.0. The SMILES string of the molecule is COc1cc2oc(-c3cccc(C(=O)Nc4ccccc4)c3)cc(=O)c2c(OC)c1OC. The van der Waals surface area contributed by atoms with E-state index in [9.17, 15) is 9.59 Å². The van der Waals surface area contributed by atoms with E-state index in [1.165, 1.54) is 27.4 Å². The second-order valence-corrected chi connectivity index (χ2v) is 6.89. The molecule has 32 heavy (non-hydrogen) atoms. The normalized spacial score (nSPS) is 10.6. The molecule has 7 nitrogen and oxygen atoms in total. The molecule has 0 saturated carbocycles. The lowest BCUT2D eigenvalue weighted by atomic mass is 10.1. The van der Waals surface area contributed by atoms with Crippen molar-refractivity contribution < 1.29 is 23.4 Å². The third kappa shape index (κ3) is 3.88. The standard InChI is InChI=1S/C25H21NO6/c1-29-21-14-20-22(24(31-3)23(21)30-2)18(27)13-19(32-20)15-8-7-9-16(12-15)25(28)26-17-10-5-4-6-11-17/h4-14H,1-3H3,(H,26,28). The summed E-state index contributed by atoms with van der Waals surface area (Å²) in [4.78, 5) is 25.6. The van der Waals surface area contributed by atoms with Gasteiger partial charge in [0.15, 0.2) is 16.9 Å². The van der Waals surface area contributed by atoms with E-state index in [-0.39, 0.29) is 28.1 Å². The number of hydrogen-bond donors (Lipinski definition) is 1. The first-order valence-corrected chi connectivity index (χ1v) is 9.79. The van der Waals surface area contributed by atoms with Crippen LogP contribution < -0.4 is 25.0 Å². The van der Waals surface area contributed by atoms with Gasteiger partial charge in [-0.25, -0.2) is 0 Å². The summed E-state index contributed by atoms with van der Waals surface area (Å²) in [6, 6.07) is 19.0. The first-order chi connectivity index (χ1) is 15.5. The van der Waals surface area contributed by atoms with E-state index in [0.717, 1.165) is 0 Å². The van der Waals surface area contributed by atoms with E-state index < -0.39 is 0 Å². The quantitative estimate of drug-likeness (QED) is 0.475. The van der Waals surface area contributed by atoms with Crippen LogP contribution in [0.5, 0.6) is 17.2 Å². The Hall–Kier alpha value is -4.26. The number of ether oxygens (including phenoxy) is 3. The zero-order valence-electron chi connectivity index (χ0n) is 17.8. The molecule has 0 aliphatic heterocycles. The van der Waals surface area contributed by atoms with Gasteiger partial charge in [-0.2, -0.15) is 0 Å². The van der Waals surface area contributed by atoms with Crippen LogP contribution in [0.25, 0.3) is 22.3 Å². The topological polar surface area (TPSA) is 87.0 Å². The fourth-order valence-corrected chi connectivity index (χ4v) is 3.47. The number of anilines is 1. The van der Waals surface area contributed by atoms with E-state index >= 15 is 0 Å². The van der Waals surface area contributed by atoms with Crippen molar-refractivity contribution >= 4 is 22.6 Å². The number of carbonyl (C=O) groups excluding carboxylic acids is 1. The lowest BCUT2D eigenvalue weighted by Crippen LogP contribution is -2.11. The Morgan fingerprint density at radius 3 is 2.28 bits per heavy atom. The monoisotopic (exact) mass is 431 g/mol. The van der Waals surface area contributed by atoms with Crippen LogP contribution in [0.2, 0.25) is 0 Å². The Morgan fingerprint density at radius 2 is 1.59 bits per heavy atom. The maximum Gasteiger partial charge on any atom is 0.255 e. The van der Waals surface area contributed by atoms with Crippen LogP contribution in [0.1, 0.15) is 10.4 Å². The Labute approximate surface area is 184 Å². The van der Waals surface area contributed by atoms with Crippen LogP contribution in [0.4, 0.5) is 5.69 Å². The van der Waals surface area contributed by atoms with Crippen molar-refractivity contribution in [2.45, 2.75) is 0 Å².